The van der Waals surface area contributed by atoms with Gasteiger partial charge in [-0.2, -0.15) is 0 Å². The van der Waals surface area contributed by atoms with E-state index in [0.717, 1.165) is 5.69 Å². The monoisotopic (exact) mass is 558 g/mol. The van der Waals surface area contributed by atoms with Gasteiger partial charge in [0, 0.05) is 0 Å². The van der Waals surface area contributed by atoms with Gasteiger partial charge in [0.15, 0.2) is 0 Å². The van der Waals surface area contributed by atoms with Crippen LogP contribution in [0.25, 0.3) is 4.83 Å². The van der Waals surface area contributed by atoms with E-state index in [1.165, 1.54) is 56.7 Å². The summed E-state index contributed by atoms with van der Waals surface area (Å²) in [5.74, 6) is 0. The molecule has 2 aromatic heterocycles. The molecule has 6 heteroatoms. The predicted molar refractivity (Wildman–Crippen MR) is 140 cm³/mol. The number of rotatable bonds is 13. The van der Waals surface area contributed by atoms with Crippen molar-refractivity contribution in [2.24, 2.45) is 0 Å². The molecule has 2 rings (SSSR count). The second-order valence-corrected chi connectivity index (χ2v) is 29.3. The van der Waals surface area contributed by atoms with Gasteiger partial charge in [-0.3, -0.25) is 0 Å². The van der Waals surface area contributed by atoms with Crippen LogP contribution in [0.3, 0.4) is 0 Å². The van der Waals surface area contributed by atoms with Crippen LogP contribution >= 0.6 is 11.3 Å². The first-order valence-electron chi connectivity index (χ1n) is 12.2. The standard InChI is InChI=1S/C12H19N2OSSi.3C4H9.Sn/c1-12(2,3)17(4,5)15-8-10-11-14(9-13-10)6-7-16-11;3*1-3-4-2;/h7,9H,8H2,1-5H3;3*1,3-4H2,2H3;. The molecular formula is C24H46N2OSSiSn. The molecule has 0 N–H and O–H groups in total. The van der Waals surface area contributed by atoms with Crippen molar-refractivity contribution >= 4 is 46.6 Å². The molecule has 0 aromatic carbocycles. The molecule has 0 atom stereocenters. The predicted octanol–water partition coefficient (Wildman–Crippen LogP) is 7.97. The van der Waals surface area contributed by atoms with Crippen LogP contribution in [0.4, 0.5) is 0 Å². The average molecular weight is 558 g/mol. The molecule has 2 heterocycles. The van der Waals surface area contributed by atoms with E-state index < -0.39 is 26.7 Å². The normalized spacial score (nSPS) is 13.5. The van der Waals surface area contributed by atoms with E-state index in [2.05, 4.69) is 70.7 Å². The minimum atomic E-state index is -2.45. The van der Waals surface area contributed by atoms with E-state index in [9.17, 15) is 0 Å². The van der Waals surface area contributed by atoms with Crippen LogP contribution in [-0.2, 0) is 11.0 Å². The fourth-order valence-corrected chi connectivity index (χ4v) is 24.1. The van der Waals surface area contributed by atoms with Crippen molar-refractivity contribution in [1.29, 1.82) is 0 Å². The van der Waals surface area contributed by atoms with Gasteiger partial charge in [-0.05, 0) is 0 Å². The second kappa shape index (κ2) is 11.3. The Morgan fingerprint density at radius 2 is 1.53 bits per heavy atom. The van der Waals surface area contributed by atoms with Crippen molar-refractivity contribution < 1.29 is 4.43 Å². The molecule has 0 spiro atoms. The number of thiazole rings is 1. The zero-order valence-electron chi connectivity index (χ0n) is 20.9. The third-order valence-corrected chi connectivity index (χ3v) is 28.8. The average Bonchev–Trinajstić information content (AvgIpc) is 3.28. The second-order valence-electron chi connectivity index (χ2n) is 10.6. The van der Waals surface area contributed by atoms with E-state index >= 15 is 0 Å². The van der Waals surface area contributed by atoms with Crippen molar-refractivity contribution in [3.63, 3.8) is 0 Å². The Morgan fingerprint density at radius 3 is 2.00 bits per heavy atom. The molecular weight excluding hydrogens is 511 g/mol. The van der Waals surface area contributed by atoms with Gasteiger partial charge in [0.1, 0.15) is 0 Å². The summed E-state index contributed by atoms with van der Waals surface area (Å²) in [6.07, 6.45) is 10.3. The molecule has 0 unspecified atom stereocenters. The van der Waals surface area contributed by atoms with Gasteiger partial charge < -0.3 is 0 Å². The number of nitrogens with zero attached hydrogens (tertiary/aromatic N) is 2. The third-order valence-electron chi connectivity index (χ3n) is 7.28. The molecule has 2 aromatic rings. The van der Waals surface area contributed by atoms with E-state index in [4.69, 9.17) is 9.41 Å². The van der Waals surface area contributed by atoms with Crippen LogP contribution in [0.2, 0.25) is 31.4 Å². The van der Waals surface area contributed by atoms with Crippen molar-refractivity contribution in [1.82, 2.24) is 9.38 Å². The summed E-state index contributed by atoms with van der Waals surface area (Å²) in [4.78, 5) is 6.20. The van der Waals surface area contributed by atoms with Gasteiger partial charge in [-0.15, -0.1) is 0 Å². The number of aromatic nitrogens is 2. The number of hydrogen-bond acceptors (Lipinski definition) is 3. The van der Waals surface area contributed by atoms with Crippen LogP contribution in [0, 0.1) is 0 Å². The minimum absolute atomic E-state index is 0.235. The zero-order valence-corrected chi connectivity index (χ0v) is 25.6. The SMILES string of the molecule is CCC[CH2][Sn]([CH2]CCC)([CH2]CCC)[c]1csc2c(CO[Si](C)(C)C(C)(C)C)ncn12. The molecule has 0 aliphatic heterocycles. The zero-order chi connectivity index (χ0) is 22.4. The summed E-state index contributed by atoms with van der Waals surface area (Å²) in [5.41, 5.74) is 1.15. The molecule has 0 fully saturated rings. The quantitative estimate of drug-likeness (QED) is 0.234. The van der Waals surface area contributed by atoms with Crippen LogP contribution in [0.15, 0.2) is 11.7 Å². The Bertz CT molecular complexity index is 756. The first kappa shape index (κ1) is 26.4. The third kappa shape index (κ3) is 6.13. The first-order valence-corrected chi connectivity index (χ1v) is 23.5. The number of fused-ring (bicyclic) bond motifs is 1. The molecule has 172 valence electrons. The van der Waals surface area contributed by atoms with Gasteiger partial charge >= 0.3 is 196 Å². The summed E-state index contributed by atoms with van der Waals surface area (Å²) < 4.78 is 15.3. The fourth-order valence-electron chi connectivity index (χ4n) is 4.09. The molecule has 0 amide bonds. The fraction of sp³-hybridized carbons (Fsp3) is 0.792. The van der Waals surface area contributed by atoms with Gasteiger partial charge in [0.05, 0.1) is 0 Å². The van der Waals surface area contributed by atoms with E-state index in [-0.39, 0.29) is 5.04 Å². The Morgan fingerprint density at radius 1 is 1.00 bits per heavy atom. The van der Waals surface area contributed by atoms with Crippen molar-refractivity contribution in [2.75, 3.05) is 0 Å². The molecule has 30 heavy (non-hydrogen) atoms. The van der Waals surface area contributed by atoms with E-state index in [1.807, 2.05) is 11.3 Å². The summed E-state index contributed by atoms with van der Waals surface area (Å²) in [6.45, 7) is 19.3. The van der Waals surface area contributed by atoms with Gasteiger partial charge in [-0.25, -0.2) is 0 Å². The molecule has 3 nitrogen and oxygen atoms in total. The maximum absolute atomic E-state index is 6.52. The molecule has 0 radical (unpaired) electrons. The maximum atomic E-state index is 6.52. The number of unbranched alkanes of at least 4 members (excludes halogenated alkanes) is 3. The van der Waals surface area contributed by atoms with Crippen molar-refractivity contribution in [3.05, 3.63) is 17.4 Å². The number of imidazole rings is 1. The molecule has 0 bridgehead atoms. The Kier molecular flexibility index (Phi) is 9.97. The van der Waals surface area contributed by atoms with Gasteiger partial charge in [0.25, 0.3) is 0 Å². The molecule has 0 aliphatic carbocycles. The van der Waals surface area contributed by atoms with Crippen LogP contribution in [0.5, 0.6) is 0 Å². The van der Waals surface area contributed by atoms with Crippen LogP contribution in [0.1, 0.15) is 85.8 Å². The molecule has 0 saturated heterocycles. The Balaban J connectivity index is 2.36. The number of hydrogen-bond donors (Lipinski definition) is 0. The van der Waals surface area contributed by atoms with Crippen molar-refractivity contribution in [3.8, 4) is 0 Å². The van der Waals surface area contributed by atoms with E-state index in [1.54, 1.807) is 3.71 Å². The Hall–Kier alpha value is 0.146. The van der Waals surface area contributed by atoms with E-state index in [0.29, 0.717) is 6.61 Å². The topological polar surface area (TPSA) is 26.5 Å². The summed E-state index contributed by atoms with van der Waals surface area (Å²) in [6, 6.07) is 0. The summed E-state index contributed by atoms with van der Waals surface area (Å²) in [7, 11) is -1.76. The summed E-state index contributed by atoms with van der Waals surface area (Å²) >= 11 is -0.528. The first-order chi connectivity index (χ1) is 14.1. The van der Waals surface area contributed by atoms with Crippen LogP contribution in [-0.4, -0.2) is 36.1 Å². The van der Waals surface area contributed by atoms with Gasteiger partial charge in [-0.1, -0.05) is 0 Å². The molecule has 0 saturated carbocycles. The van der Waals surface area contributed by atoms with Crippen LogP contribution < -0.4 is 3.71 Å². The Labute approximate surface area is 195 Å². The molecule has 0 aliphatic rings. The van der Waals surface area contributed by atoms with Crippen molar-refractivity contribution in [2.45, 2.75) is 118 Å². The van der Waals surface area contributed by atoms with Gasteiger partial charge in [0.2, 0.25) is 0 Å². The summed E-state index contributed by atoms with van der Waals surface area (Å²) in [5, 5.41) is 2.77.